The molecule has 0 radical (unpaired) electrons. The summed E-state index contributed by atoms with van der Waals surface area (Å²) in [5.74, 6) is -2.18. The van der Waals surface area contributed by atoms with E-state index < -0.39 is 22.8 Å². The van der Waals surface area contributed by atoms with Crippen LogP contribution in [0.15, 0.2) is 11.0 Å². The number of aryl methyl sites for hydroxylation is 1. The molecular weight excluding hydrogens is 351 g/mol. The summed E-state index contributed by atoms with van der Waals surface area (Å²) in [7, 11) is 0. The molecule has 0 saturated carbocycles. The number of rotatable bonds is 3. The molecule has 9 heteroatoms. The van der Waals surface area contributed by atoms with E-state index in [0.29, 0.717) is 32.7 Å². The molecule has 1 saturated heterocycles. The summed E-state index contributed by atoms with van der Waals surface area (Å²) in [6.45, 7) is 4.56. The third kappa shape index (κ3) is 2.71. The van der Waals surface area contributed by atoms with Gasteiger partial charge < -0.3 is 25.6 Å². The van der Waals surface area contributed by atoms with Gasteiger partial charge in [-0.1, -0.05) is 11.6 Å². The number of aromatic carboxylic acids is 1. The van der Waals surface area contributed by atoms with Crippen molar-refractivity contribution in [3.63, 3.8) is 0 Å². The number of anilines is 2. The highest BCUT2D eigenvalue weighted by Crippen LogP contribution is 2.39. The first-order valence-corrected chi connectivity index (χ1v) is 8.28. The Morgan fingerprint density at radius 1 is 1.44 bits per heavy atom. The van der Waals surface area contributed by atoms with Crippen LogP contribution in [0, 0.1) is 5.82 Å². The molecule has 1 aromatic carbocycles. The van der Waals surface area contributed by atoms with Crippen LogP contribution in [-0.4, -0.2) is 41.8 Å². The van der Waals surface area contributed by atoms with E-state index in [0.717, 1.165) is 0 Å². The summed E-state index contributed by atoms with van der Waals surface area (Å²) < 4.78 is 16.5. The lowest BCUT2D eigenvalue weighted by Gasteiger charge is -2.31. The van der Waals surface area contributed by atoms with Crippen LogP contribution in [0.1, 0.15) is 17.3 Å². The number of hydrogen-bond acceptors (Lipinski definition) is 5. The van der Waals surface area contributed by atoms with E-state index >= 15 is 0 Å². The van der Waals surface area contributed by atoms with Gasteiger partial charge in [0.25, 0.3) is 0 Å². The predicted octanol–water partition coefficient (Wildman–Crippen LogP) is 1.50. The summed E-state index contributed by atoms with van der Waals surface area (Å²) in [6.07, 6.45) is 1.22. The third-order valence-electron chi connectivity index (χ3n) is 4.41. The van der Waals surface area contributed by atoms with Gasteiger partial charge in [-0.15, -0.1) is 0 Å². The summed E-state index contributed by atoms with van der Waals surface area (Å²) in [6, 6.07) is 0. The zero-order valence-corrected chi connectivity index (χ0v) is 14.4. The van der Waals surface area contributed by atoms with Gasteiger partial charge >= 0.3 is 5.97 Å². The van der Waals surface area contributed by atoms with E-state index in [1.807, 2.05) is 0 Å². The molecule has 3 rings (SSSR count). The number of hydrogen-bond donors (Lipinski definition) is 3. The molecule has 1 aliphatic heterocycles. The second-order valence-electron chi connectivity index (χ2n) is 5.81. The van der Waals surface area contributed by atoms with E-state index in [1.54, 1.807) is 11.8 Å². The molecule has 0 atom stereocenters. The summed E-state index contributed by atoms with van der Waals surface area (Å²) in [5, 5.41) is 12.3. The number of nitrogens with two attached hydrogens (primary N) is 1. The monoisotopic (exact) mass is 368 g/mol. The van der Waals surface area contributed by atoms with Crippen molar-refractivity contribution < 1.29 is 14.3 Å². The maximum Gasteiger partial charge on any atom is 0.341 e. The molecule has 0 unspecified atom stereocenters. The molecule has 0 bridgehead atoms. The maximum absolute atomic E-state index is 15.0. The molecule has 0 spiro atoms. The van der Waals surface area contributed by atoms with Crippen molar-refractivity contribution in [3.8, 4) is 0 Å². The Bertz CT molecular complexity index is 922. The number of fused-ring (bicyclic) bond motifs is 1. The van der Waals surface area contributed by atoms with Gasteiger partial charge in [0, 0.05) is 38.9 Å². The minimum absolute atomic E-state index is 0.0690. The van der Waals surface area contributed by atoms with Crippen LogP contribution >= 0.6 is 11.6 Å². The van der Waals surface area contributed by atoms with Crippen molar-refractivity contribution in [2.75, 3.05) is 36.8 Å². The lowest BCUT2D eigenvalue weighted by Crippen LogP contribution is -2.44. The normalized spacial score (nSPS) is 14.9. The van der Waals surface area contributed by atoms with Crippen LogP contribution in [-0.2, 0) is 6.54 Å². The van der Waals surface area contributed by atoms with Crippen molar-refractivity contribution in [1.82, 2.24) is 9.88 Å². The van der Waals surface area contributed by atoms with E-state index in [9.17, 15) is 19.1 Å². The number of benzene rings is 1. The van der Waals surface area contributed by atoms with Crippen molar-refractivity contribution in [2.24, 2.45) is 0 Å². The van der Waals surface area contributed by atoms with E-state index in [4.69, 9.17) is 17.3 Å². The van der Waals surface area contributed by atoms with Gasteiger partial charge in [-0.3, -0.25) is 4.79 Å². The number of carbonyl (C=O) groups is 1. The van der Waals surface area contributed by atoms with Gasteiger partial charge in [0.05, 0.1) is 27.3 Å². The summed E-state index contributed by atoms with van der Waals surface area (Å²) >= 11 is 6.48. The maximum atomic E-state index is 15.0. The molecule has 2 heterocycles. The zero-order chi connectivity index (χ0) is 18.3. The van der Waals surface area contributed by atoms with Crippen LogP contribution in [0.4, 0.5) is 15.8 Å². The highest BCUT2D eigenvalue weighted by atomic mass is 35.5. The van der Waals surface area contributed by atoms with E-state index in [1.165, 1.54) is 10.8 Å². The van der Waals surface area contributed by atoms with Crippen LogP contribution in [0.25, 0.3) is 10.9 Å². The number of nitrogens with one attached hydrogen (secondary N) is 1. The van der Waals surface area contributed by atoms with Crippen molar-refractivity contribution in [1.29, 1.82) is 0 Å². The molecule has 0 amide bonds. The lowest BCUT2D eigenvalue weighted by molar-refractivity contribution is 0.0695. The lowest BCUT2D eigenvalue weighted by atomic mass is 10.1. The second kappa shape index (κ2) is 6.53. The fourth-order valence-electron chi connectivity index (χ4n) is 3.16. The van der Waals surface area contributed by atoms with Crippen molar-refractivity contribution in [2.45, 2.75) is 13.5 Å². The average molecular weight is 369 g/mol. The first-order valence-electron chi connectivity index (χ1n) is 7.91. The van der Waals surface area contributed by atoms with Gasteiger partial charge in [-0.05, 0) is 6.92 Å². The van der Waals surface area contributed by atoms with Crippen LogP contribution < -0.4 is 21.4 Å². The minimum Gasteiger partial charge on any atom is -0.477 e. The fraction of sp³-hybridized carbons (Fsp3) is 0.375. The van der Waals surface area contributed by atoms with Crippen molar-refractivity contribution >= 4 is 39.8 Å². The Labute approximate surface area is 147 Å². The van der Waals surface area contributed by atoms with E-state index in [-0.39, 0.29) is 27.3 Å². The molecule has 25 heavy (non-hydrogen) atoms. The van der Waals surface area contributed by atoms with Gasteiger partial charge in [0.2, 0.25) is 5.43 Å². The van der Waals surface area contributed by atoms with Crippen LogP contribution in [0.3, 0.4) is 0 Å². The Kier molecular flexibility index (Phi) is 4.57. The summed E-state index contributed by atoms with van der Waals surface area (Å²) in [4.78, 5) is 25.6. The third-order valence-corrected chi connectivity index (χ3v) is 4.77. The number of nitrogen functional groups attached to an aromatic ring is 1. The molecule has 2 aromatic rings. The molecular formula is C16H18ClFN4O3. The second-order valence-corrected chi connectivity index (χ2v) is 6.19. The molecule has 0 aliphatic carbocycles. The largest absolute Gasteiger partial charge is 0.477 e. The number of nitrogens with zero attached hydrogens (tertiary/aromatic N) is 2. The quantitative estimate of drug-likeness (QED) is 0.710. The fourth-order valence-corrected chi connectivity index (χ4v) is 3.57. The first kappa shape index (κ1) is 17.5. The SMILES string of the molecule is CCn1cc(C(=O)O)c(=O)c2c(N)c(F)c(N3CCNCC3)c(Cl)c21. The van der Waals surface area contributed by atoms with Gasteiger partial charge in [0.1, 0.15) is 5.56 Å². The topological polar surface area (TPSA) is 101 Å². The minimum atomic E-state index is -1.39. The standard InChI is InChI=1S/C16H18ClFN4O3/c1-2-21-7-8(16(24)25)15(23)9-12(19)11(18)14(10(17)13(9)21)22-5-3-20-4-6-22/h7,20H,2-6,19H2,1H3,(H,24,25). The summed E-state index contributed by atoms with van der Waals surface area (Å²) in [5.41, 5.74) is 4.64. The highest BCUT2D eigenvalue weighted by Gasteiger charge is 2.27. The molecule has 7 nitrogen and oxygen atoms in total. The first-order chi connectivity index (χ1) is 11.9. The average Bonchev–Trinajstić information content (AvgIpc) is 2.60. The smallest absolute Gasteiger partial charge is 0.341 e. The molecule has 4 N–H and O–H groups in total. The molecule has 1 fully saturated rings. The van der Waals surface area contributed by atoms with Crippen LogP contribution in [0.2, 0.25) is 5.02 Å². The number of pyridine rings is 1. The van der Waals surface area contributed by atoms with Gasteiger partial charge in [0.15, 0.2) is 5.82 Å². The molecule has 134 valence electrons. The predicted molar refractivity (Wildman–Crippen MR) is 95.3 cm³/mol. The number of carboxylic acid groups (broad SMARTS) is 1. The van der Waals surface area contributed by atoms with Crippen LogP contribution in [0.5, 0.6) is 0 Å². The van der Waals surface area contributed by atoms with Gasteiger partial charge in [-0.25, -0.2) is 9.18 Å². The number of carboxylic acids is 1. The molecule has 1 aromatic heterocycles. The Balaban J connectivity index is 2.42. The number of piperazine rings is 1. The highest BCUT2D eigenvalue weighted by molar-refractivity contribution is 6.38. The Hall–Kier alpha value is -2.32. The molecule has 1 aliphatic rings. The van der Waals surface area contributed by atoms with E-state index in [2.05, 4.69) is 5.32 Å². The van der Waals surface area contributed by atoms with Gasteiger partial charge in [-0.2, -0.15) is 0 Å². The Morgan fingerprint density at radius 2 is 2.08 bits per heavy atom. The Morgan fingerprint density at radius 3 is 2.64 bits per heavy atom. The number of aromatic nitrogens is 1. The number of halogens is 2. The van der Waals surface area contributed by atoms with Crippen molar-refractivity contribution in [3.05, 3.63) is 32.8 Å². The zero-order valence-electron chi connectivity index (χ0n) is 13.6.